The number of aromatic nitrogens is 1. The highest BCUT2D eigenvalue weighted by Crippen LogP contribution is 2.23. The summed E-state index contributed by atoms with van der Waals surface area (Å²) < 4.78 is 4.11. The maximum atomic E-state index is 12.0. The highest BCUT2D eigenvalue weighted by atomic mass is 32.1. The summed E-state index contributed by atoms with van der Waals surface area (Å²) in [6.45, 7) is 7.38. The summed E-state index contributed by atoms with van der Waals surface area (Å²) in [6, 6.07) is 0. The number of amides is 2. The van der Waals surface area contributed by atoms with Crippen LogP contribution in [0.5, 0.6) is 0 Å². The summed E-state index contributed by atoms with van der Waals surface area (Å²) in [4.78, 5) is 23.6. The van der Waals surface area contributed by atoms with Crippen molar-refractivity contribution >= 4 is 28.3 Å². The molecule has 0 aliphatic heterocycles. The Morgan fingerprint density at radius 1 is 1.32 bits per heavy atom. The molecule has 7 heteroatoms. The molecule has 1 aromatic rings. The highest BCUT2D eigenvalue weighted by Gasteiger charge is 2.19. The first-order valence-corrected chi connectivity index (χ1v) is 6.75. The second-order valence-corrected chi connectivity index (χ2v) is 5.98. The van der Waals surface area contributed by atoms with Crippen molar-refractivity contribution in [1.82, 2.24) is 15.0 Å². The van der Waals surface area contributed by atoms with E-state index >= 15 is 0 Å². The quantitative estimate of drug-likeness (QED) is 0.774. The third-order valence-electron chi connectivity index (χ3n) is 2.24. The molecule has 1 aromatic heterocycles. The van der Waals surface area contributed by atoms with E-state index in [0.29, 0.717) is 16.3 Å². The summed E-state index contributed by atoms with van der Waals surface area (Å²) >= 11 is 1.23. The standard InChI is InChI=1S/C12H20N4O2S/c1-7-9(11(13-5)19-16-7)10(18)14-6-8(17)15-12(2,3)4/h13H,6H2,1-5H3,(H,14,18)(H,15,17). The van der Waals surface area contributed by atoms with Crippen LogP contribution in [0.2, 0.25) is 0 Å². The van der Waals surface area contributed by atoms with E-state index in [9.17, 15) is 9.59 Å². The molecule has 6 nitrogen and oxygen atoms in total. The summed E-state index contributed by atoms with van der Waals surface area (Å²) in [6.07, 6.45) is 0. The number of nitrogens with one attached hydrogen (secondary N) is 3. The maximum Gasteiger partial charge on any atom is 0.256 e. The van der Waals surface area contributed by atoms with Gasteiger partial charge in [-0.15, -0.1) is 0 Å². The minimum Gasteiger partial charge on any atom is -0.378 e. The lowest BCUT2D eigenvalue weighted by molar-refractivity contribution is -0.121. The SMILES string of the molecule is CNc1snc(C)c1C(=O)NCC(=O)NC(C)(C)C. The number of rotatable bonds is 4. The van der Waals surface area contributed by atoms with Gasteiger partial charge in [-0.3, -0.25) is 9.59 Å². The van der Waals surface area contributed by atoms with Crippen molar-refractivity contribution in [2.45, 2.75) is 33.2 Å². The van der Waals surface area contributed by atoms with Crippen LogP contribution < -0.4 is 16.0 Å². The van der Waals surface area contributed by atoms with Crippen LogP contribution >= 0.6 is 11.5 Å². The van der Waals surface area contributed by atoms with Gasteiger partial charge in [0.1, 0.15) is 5.00 Å². The Labute approximate surface area is 117 Å². The fourth-order valence-electron chi connectivity index (χ4n) is 1.52. The molecule has 0 spiro atoms. The van der Waals surface area contributed by atoms with Crippen LogP contribution in [0.15, 0.2) is 0 Å². The molecule has 0 aliphatic rings. The molecule has 0 radical (unpaired) electrons. The van der Waals surface area contributed by atoms with E-state index in [1.807, 2.05) is 20.8 Å². The molecule has 1 rings (SSSR count). The molecule has 0 unspecified atom stereocenters. The summed E-state index contributed by atoms with van der Waals surface area (Å²) in [7, 11) is 1.73. The van der Waals surface area contributed by atoms with Crippen LogP contribution in [0.3, 0.4) is 0 Å². The topological polar surface area (TPSA) is 83.1 Å². The molecule has 0 saturated carbocycles. The maximum absolute atomic E-state index is 12.0. The van der Waals surface area contributed by atoms with E-state index < -0.39 is 0 Å². The zero-order chi connectivity index (χ0) is 14.6. The van der Waals surface area contributed by atoms with E-state index in [1.54, 1.807) is 14.0 Å². The smallest absolute Gasteiger partial charge is 0.256 e. The molecule has 0 aliphatic carbocycles. The van der Waals surface area contributed by atoms with Crippen LogP contribution in [-0.4, -0.2) is 35.3 Å². The number of carbonyl (C=O) groups is 2. The molecular weight excluding hydrogens is 264 g/mol. The van der Waals surface area contributed by atoms with Gasteiger partial charge in [0.2, 0.25) is 5.91 Å². The largest absolute Gasteiger partial charge is 0.378 e. The molecule has 0 atom stereocenters. The lowest BCUT2D eigenvalue weighted by atomic mass is 10.1. The summed E-state index contributed by atoms with van der Waals surface area (Å²) in [5, 5.41) is 9.00. The van der Waals surface area contributed by atoms with Gasteiger partial charge in [0, 0.05) is 12.6 Å². The van der Waals surface area contributed by atoms with Crippen molar-refractivity contribution in [2.75, 3.05) is 18.9 Å². The summed E-state index contributed by atoms with van der Waals surface area (Å²) in [5.74, 6) is -0.507. The lowest BCUT2D eigenvalue weighted by Crippen LogP contribution is -2.45. The van der Waals surface area contributed by atoms with Crippen LogP contribution in [0, 0.1) is 6.92 Å². The Hall–Kier alpha value is -1.63. The Kier molecular flexibility index (Phi) is 4.88. The average Bonchev–Trinajstić information content (AvgIpc) is 2.65. The van der Waals surface area contributed by atoms with Gasteiger partial charge in [-0.05, 0) is 39.2 Å². The second kappa shape index (κ2) is 6.01. The first-order valence-electron chi connectivity index (χ1n) is 5.98. The van der Waals surface area contributed by atoms with Gasteiger partial charge in [0.25, 0.3) is 5.91 Å². The first-order chi connectivity index (χ1) is 8.74. The van der Waals surface area contributed by atoms with E-state index in [4.69, 9.17) is 0 Å². The molecule has 106 valence electrons. The zero-order valence-electron chi connectivity index (χ0n) is 11.9. The van der Waals surface area contributed by atoms with Gasteiger partial charge in [0.15, 0.2) is 0 Å². The fraction of sp³-hybridized carbons (Fsp3) is 0.583. The van der Waals surface area contributed by atoms with Gasteiger partial charge in [-0.2, -0.15) is 4.37 Å². The van der Waals surface area contributed by atoms with Gasteiger partial charge >= 0.3 is 0 Å². The van der Waals surface area contributed by atoms with Crippen molar-refractivity contribution in [3.63, 3.8) is 0 Å². The first kappa shape index (κ1) is 15.4. The van der Waals surface area contributed by atoms with Crippen molar-refractivity contribution in [2.24, 2.45) is 0 Å². The van der Waals surface area contributed by atoms with E-state index in [2.05, 4.69) is 20.3 Å². The summed E-state index contributed by atoms with van der Waals surface area (Å²) in [5.41, 5.74) is 0.844. The Morgan fingerprint density at radius 3 is 2.47 bits per heavy atom. The Bertz CT molecular complexity index is 477. The predicted molar refractivity (Wildman–Crippen MR) is 76.6 cm³/mol. The van der Waals surface area contributed by atoms with Crippen molar-refractivity contribution in [1.29, 1.82) is 0 Å². The van der Waals surface area contributed by atoms with Crippen LogP contribution in [0.25, 0.3) is 0 Å². The lowest BCUT2D eigenvalue weighted by Gasteiger charge is -2.20. The molecule has 3 N–H and O–H groups in total. The normalized spacial score (nSPS) is 11.0. The van der Waals surface area contributed by atoms with Crippen molar-refractivity contribution in [3.05, 3.63) is 11.3 Å². The molecule has 0 saturated heterocycles. The van der Waals surface area contributed by atoms with Gasteiger partial charge in [0.05, 0.1) is 17.8 Å². The van der Waals surface area contributed by atoms with Gasteiger partial charge in [-0.25, -0.2) is 0 Å². The molecule has 0 fully saturated rings. The van der Waals surface area contributed by atoms with E-state index in [0.717, 1.165) is 0 Å². The molecule has 0 bridgehead atoms. The molecule has 1 heterocycles. The molecule has 2 amide bonds. The number of hydrogen-bond donors (Lipinski definition) is 3. The molecule has 0 aromatic carbocycles. The van der Waals surface area contributed by atoms with Crippen LogP contribution in [-0.2, 0) is 4.79 Å². The monoisotopic (exact) mass is 284 g/mol. The van der Waals surface area contributed by atoms with Gasteiger partial charge < -0.3 is 16.0 Å². The number of aryl methyl sites for hydroxylation is 1. The number of nitrogens with zero attached hydrogens (tertiary/aromatic N) is 1. The second-order valence-electron chi connectivity index (χ2n) is 5.20. The molecular formula is C12H20N4O2S. The Morgan fingerprint density at radius 2 is 1.95 bits per heavy atom. The van der Waals surface area contributed by atoms with Crippen LogP contribution in [0.1, 0.15) is 36.8 Å². The molecule has 19 heavy (non-hydrogen) atoms. The van der Waals surface area contributed by atoms with Gasteiger partial charge in [-0.1, -0.05) is 0 Å². The fourth-order valence-corrected chi connectivity index (χ4v) is 2.26. The predicted octanol–water partition coefficient (Wildman–Crippen LogP) is 1.14. The van der Waals surface area contributed by atoms with E-state index in [-0.39, 0.29) is 23.9 Å². The van der Waals surface area contributed by atoms with Crippen molar-refractivity contribution < 1.29 is 9.59 Å². The third kappa shape index (κ3) is 4.51. The minimum absolute atomic E-state index is 0.0471. The number of hydrogen-bond acceptors (Lipinski definition) is 5. The number of anilines is 1. The Balaban J connectivity index is 2.61. The average molecular weight is 284 g/mol. The van der Waals surface area contributed by atoms with E-state index in [1.165, 1.54) is 11.5 Å². The zero-order valence-corrected chi connectivity index (χ0v) is 12.7. The minimum atomic E-state index is -0.308. The highest BCUT2D eigenvalue weighted by molar-refractivity contribution is 7.10. The van der Waals surface area contributed by atoms with Crippen LogP contribution in [0.4, 0.5) is 5.00 Å². The third-order valence-corrected chi connectivity index (χ3v) is 3.20. The van der Waals surface area contributed by atoms with Crippen molar-refractivity contribution in [3.8, 4) is 0 Å². The number of carbonyl (C=O) groups excluding carboxylic acids is 2.